The molecule has 2 N–H and O–H groups in total. The summed E-state index contributed by atoms with van der Waals surface area (Å²) in [6.07, 6.45) is 0. The van der Waals surface area contributed by atoms with Gasteiger partial charge in [-0.3, -0.25) is 9.69 Å². The maximum absolute atomic E-state index is 12.5. The Morgan fingerprint density at radius 3 is 2.44 bits per heavy atom. The Kier molecular flexibility index (Phi) is 3.68. The molecule has 98 valence electrons. The molecule has 1 amide bonds. The van der Waals surface area contributed by atoms with Crippen LogP contribution in [0.15, 0.2) is 18.2 Å². The average Bonchev–Trinajstić information content (AvgIpc) is 2.32. The smallest absolute Gasteiger partial charge is 0.245 e. The molecule has 0 aliphatic carbocycles. The third kappa shape index (κ3) is 2.13. The number of rotatable bonds is 2. The molecular weight excluding hydrogens is 226 g/mol. The minimum Gasteiger partial charge on any atom is -0.328 e. The molecule has 18 heavy (non-hydrogen) atoms. The zero-order chi connectivity index (χ0) is 13.3. The van der Waals surface area contributed by atoms with Crippen molar-refractivity contribution in [2.45, 2.75) is 19.9 Å². The van der Waals surface area contributed by atoms with Crippen LogP contribution in [0.3, 0.4) is 0 Å². The van der Waals surface area contributed by atoms with Gasteiger partial charge in [0.05, 0.1) is 0 Å². The highest BCUT2D eigenvalue weighted by molar-refractivity contribution is 5.99. The normalized spacial score (nSPS) is 21.4. The van der Waals surface area contributed by atoms with Crippen LogP contribution in [0.25, 0.3) is 0 Å². The van der Waals surface area contributed by atoms with Crippen molar-refractivity contribution in [1.29, 1.82) is 0 Å². The Hall–Kier alpha value is -1.39. The van der Waals surface area contributed by atoms with Crippen LogP contribution in [0.1, 0.15) is 11.1 Å². The van der Waals surface area contributed by atoms with Gasteiger partial charge in [-0.1, -0.05) is 18.2 Å². The largest absolute Gasteiger partial charge is 0.328 e. The van der Waals surface area contributed by atoms with Gasteiger partial charge in [0, 0.05) is 25.3 Å². The van der Waals surface area contributed by atoms with Gasteiger partial charge < -0.3 is 10.6 Å². The van der Waals surface area contributed by atoms with E-state index in [1.807, 2.05) is 48.9 Å². The number of aryl methyl sites for hydroxylation is 2. The summed E-state index contributed by atoms with van der Waals surface area (Å²) in [6.45, 7) is 6.06. The third-order valence-electron chi connectivity index (χ3n) is 3.69. The lowest BCUT2D eigenvalue weighted by Crippen LogP contribution is -2.58. The molecule has 1 aromatic carbocycles. The van der Waals surface area contributed by atoms with Crippen molar-refractivity contribution in [1.82, 2.24) is 4.90 Å². The minimum absolute atomic E-state index is 0.114. The molecular formula is C14H21N3O. The van der Waals surface area contributed by atoms with Crippen molar-refractivity contribution in [2.24, 2.45) is 5.73 Å². The second kappa shape index (κ2) is 5.08. The number of amides is 1. The predicted molar refractivity (Wildman–Crippen MR) is 73.7 cm³/mol. The topological polar surface area (TPSA) is 49.6 Å². The molecule has 1 aliphatic heterocycles. The molecule has 1 aliphatic rings. The number of carbonyl (C=O) groups is 1. The maximum Gasteiger partial charge on any atom is 0.245 e. The van der Waals surface area contributed by atoms with E-state index < -0.39 is 0 Å². The standard InChI is InChI=1S/C14H21N3O/c1-10-5-4-6-11(2)13(10)17-8-7-16(3)12(9-15)14(17)18/h4-6,12H,7-9,15H2,1-3H3. The third-order valence-corrected chi connectivity index (χ3v) is 3.69. The first-order chi connectivity index (χ1) is 8.56. The van der Waals surface area contributed by atoms with Crippen molar-refractivity contribution < 1.29 is 4.79 Å². The fraction of sp³-hybridized carbons (Fsp3) is 0.500. The SMILES string of the molecule is Cc1cccc(C)c1N1CCN(C)C(CN)C1=O. The molecule has 1 aromatic rings. The summed E-state index contributed by atoms with van der Waals surface area (Å²) in [5, 5.41) is 0. The Balaban J connectivity index is 2.37. The highest BCUT2D eigenvalue weighted by Gasteiger charge is 2.33. The van der Waals surface area contributed by atoms with Gasteiger partial charge in [0.2, 0.25) is 5.91 Å². The number of benzene rings is 1. The van der Waals surface area contributed by atoms with Crippen LogP contribution < -0.4 is 10.6 Å². The summed E-state index contributed by atoms with van der Waals surface area (Å²) in [4.78, 5) is 16.4. The average molecular weight is 247 g/mol. The molecule has 1 fully saturated rings. The van der Waals surface area contributed by atoms with E-state index in [1.54, 1.807) is 0 Å². The van der Waals surface area contributed by atoms with Crippen LogP contribution in [0.2, 0.25) is 0 Å². The fourth-order valence-electron chi connectivity index (χ4n) is 2.63. The molecule has 0 bridgehead atoms. The molecule has 2 rings (SSSR count). The van der Waals surface area contributed by atoms with E-state index in [1.165, 1.54) is 0 Å². The molecule has 4 heteroatoms. The summed E-state index contributed by atoms with van der Waals surface area (Å²) in [5.41, 5.74) is 9.05. The van der Waals surface area contributed by atoms with Gasteiger partial charge in [0.1, 0.15) is 6.04 Å². The molecule has 4 nitrogen and oxygen atoms in total. The van der Waals surface area contributed by atoms with Gasteiger partial charge in [-0.15, -0.1) is 0 Å². The number of hydrogen-bond donors (Lipinski definition) is 1. The molecule has 0 spiro atoms. The van der Waals surface area contributed by atoms with Gasteiger partial charge in [0.15, 0.2) is 0 Å². The highest BCUT2D eigenvalue weighted by atomic mass is 16.2. The summed E-state index contributed by atoms with van der Waals surface area (Å²) in [7, 11) is 1.96. The number of piperazine rings is 1. The molecule has 0 aromatic heterocycles. The van der Waals surface area contributed by atoms with Crippen LogP contribution >= 0.6 is 0 Å². The zero-order valence-electron chi connectivity index (χ0n) is 11.3. The van der Waals surface area contributed by atoms with Gasteiger partial charge in [-0.25, -0.2) is 0 Å². The summed E-state index contributed by atoms with van der Waals surface area (Å²) < 4.78 is 0. The van der Waals surface area contributed by atoms with Gasteiger partial charge in [-0.2, -0.15) is 0 Å². The Morgan fingerprint density at radius 1 is 1.28 bits per heavy atom. The lowest BCUT2D eigenvalue weighted by molar-refractivity contribution is -0.124. The van der Waals surface area contributed by atoms with Crippen LogP contribution in [-0.2, 0) is 4.79 Å². The quantitative estimate of drug-likeness (QED) is 0.845. The number of nitrogens with two attached hydrogens (primary N) is 1. The van der Waals surface area contributed by atoms with E-state index in [0.29, 0.717) is 6.54 Å². The molecule has 1 atom stereocenters. The molecule has 0 radical (unpaired) electrons. The number of carbonyl (C=O) groups excluding carboxylic acids is 1. The lowest BCUT2D eigenvalue weighted by Gasteiger charge is -2.39. The number of anilines is 1. The Morgan fingerprint density at radius 2 is 1.89 bits per heavy atom. The van der Waals surface area contributed by atoms with Crippen LogP contribution in [0.5, 0.6) is 0 Å². The molecule has 1 saturated heterocycles. The fourth-order valence-corrected chi connectivity index (χ4v) is 2.63. The molecule has 0 saturated carbocycles. The van der Waals surface area contributed by atoms with E-state index in [4.69, 9.17) is 5.73 Å². The van der Waals surface area contributed by atoms with E-state index >= 15 is 0 Å². The van der Waals surface area contributed by atoms with E-state index in [9.17, 15) is 4.79 Å². The van der Waals surface area contributed by atoms with Gasteiger partial charge in [0.25, 0.3) is 0 Å². The number of hydrogen-bond acceptors (Lipinski definition) is 3. The highest BCUT2D eigenvalue weighted by Crippen LogP contribution is 2.27. The lowest BCUT2D eigenvalue weighted by atomic mass is 10.0. The molecule has 1 heterocycles. The van der Waals surface area contributed by atoms with E-state index in [2.05, 4.69) is 0 Å². The predicted octanol–water partition coefficient (Wildman–Crippen LogP) is 0.909. The van der Waals surface area contributed by atoms with Gasteiger partial charge >= 0.3 is 0 Å². The van der Waals surface area contributed by atoms with Crippen LogP contribution in [0, 0.1) is 13.8 Å². The van der Waals surface area contributed by atoms with E-state index in [0.717, 1.165) is 29.9 Å². The summed E-state index contributed by atoms with van der Waals surface area (Å²) in [6, 6.07) is 5.92. The van der Waals surface area contributed by atoms with Crippen molar-refractivity contribution in [3.63, 3.8) is 0 Å². The number of nitrogens with zero attached hydrogens (tertiary/aromatic N) is 2. The van der Waals surface area contributed by atoms with Crippen molar-refractivity contribution in [3.05, 3.63) is 29.3 Å². The summed E-state index contributed by atoms with van der Waals surface area (Å²) in [5.74, 6) is 0.114. The van der Waals surface area contributed by atoms with Crippen LogP contribution in [-0.4, -0.2) is 43.5 Å². The maximum atomic E-state index is 12.5. The Labute approximate surface area is 108 Å². The number of likely N-dealkylation sites (N-methyl/N-ethyl adjacent to an activating group) is 1. The van der Waals surface area contributed by atoms with Crippen molar-refractivity contribution in [3.8, 4) is 0 Å². The summed E-state index contributed by atoms with van der Waals surface area (Å²) >= 11 is 0. The zero-order valence-corrected chi connectivity index (χ0v) is 11.3. The van der Waals surface area contributed by atoms with Crippen LogP contribution in [0.4, 0.5) is 5.69 Å². The second-order valence-electron chi connectivity index (χ2n) is 4.96. The first-order valence-corrected chi connectivity index (χ1v) is 6.34. The first kappa shape index (κ1) is 13.1. The van der Waals surface area contributed by atoms with Crippen molar-refractivity contribution in [2.75, 3.05) is 31.6 Å². The molecule has 1 unspecified atom stereocenters. The van der Waals surface area contributed by atoms with Crippen molar-refractivity contribution >= 4 is 11.6 Å². The second-order valence-corrected chi connectivity index (χ2v) is 4.96. The Bertz CT molecular complexity index is 438. The monoisotopic (exact) mass is 247 g/mol. The van der Waals surface area contributed by atoms with E-state index in [-0.39, 0.29) is 11.9 Å². The van der Waals surface area contributed by atoms with Gasteiger partial charge in [-0.05, 0) is 32.0 Å². The first-order valence-electron chi connectivity index (χ1n) is 6.34. The minimum atomic E-state index is -0.197. The number of para-hydroxylation sites is 1.